The first-order chi connectivity index (χ1) is 11.9. The molecule has 2 amide bonds. The number of carbonyl (C=O) groups is 2. The van der Waals surface area contributed by atoms with Gasteiger partial charge >= 0.3 is 0 Å². The molecule has 0 bridgehead atoms. The number of oxazole rings is 1. The lowest BCUT2D eigenvalue weighted by molar-refractivity contribution is -0.140. The van der Waals surface area contributed by atoms with Crippen molar-refractivity contribution < 1.29 is 27.2 Å². The number of carbonyl (C=O) groups excluding carboxylic acids is 2. The molecule has 0 aliphatic carbocycles. The van der Waals surface area contributed by atoms with Crippen LogP contribution in [0.5, 0.6) is 0 Å². The van der Waals surface area contributed by atoms with Gasteiger partial charge < -0.3 is 19.0 Å². The van der Waals surface area contributed by atoms with Crippen LogP contribution in [0, 0.1) is 0 Å². The molecule has 2 fully saturated rings. The third-order valence-corrected chi connectivity index (χ3v) is 6.39. The highest BCUT2D eigenvalue weighted by molar-refractivity contribution is 7.91. The Morgan fingerprint density at radius 3 is 2.56 bits per heavy atom. The lowest BCUT2D eigenvalue weighted by Crippen LogP contribution is -2.62. The zero-order valence-corrected chi connectivity index (χ0v) is 15.0. The lowest BCUT2D eigenvalue weighted by Gasteiger charge is -2.43. The van der Waals surface area contributed by atoms with Crippen LogP contribution in [0.1, 0.15) is 23.2 Å². The Balaban J connectivity index is 1.88. The summed E-state index contributed by atoms with van der Waals surface area (Å²) < 4.78 is 34.4. The predicted molar refractivity (Wildman–Crippen MR) is 86.7 cm³/mol. The number of amides is 2. The third-order valence-electron chi connectivity index (χ3n) is 4.69. The fourth-order valence-electron chi connectivity index (χ4n) is 3.55. The van der Waals surface area contributed by atoms with E-state index in [1.165, 1.54) is 23.3 Å². The van der Waals surface area contributed by atoms with Gasteiger partial charge in [-0.3, -0.25) is 9.59 Å². The molecule has 10 heteroatoms. The van der Waals surface area contributed by atoms with Crippen molar-refractivity contribution in [2.45, 2.75) is 25.4 Å². The van der Waals surface area contributed by atoms with E-state index in [1.54, 1.807) is 0 Å². The Morgan fingerprint density at radius 1 is 1.28 bits per heavy atom. The van der Waals surface area contributed by atoms with Gasteiger partial charge in [-0.05, 0) is 0 Å². The van der Waals surface area contributed by atoms with Gasteiger partial charge in [0, 0.05) is 26.6 Å². The highest BCUT2D eigenvalue weighted by Gasteiger charge is 2.49. The highest BCUT2D eigenvalue weighted by atomic mass is 32.2. The maximum absolute atomic E-state index is 12.9. The predicted octanol–water partition coefficient (Wildman–Crippen LogP) is -0.667. The number of fused-ring (bicyclic) bond motifs is 1. The zero-order valence-electron chi connectivity index (χ0n) is 14.2. The van der Waals surface area contributed by atoms with Gasteiger partial charge in [0.15, 0.2) is 21.9 Å². The molecule has 2 aliphatic heterocycles. The van der Waals surface area contributed by atoms with Gasteiger partial charge in [-0.15, -0.1) is 0 Å². The van der Waals surface area contributed by atoms with Crippen molar-refractivity contribution in [3.63, 3.8) is 0 Å². The average molecular weight is 371 g/mol. The number of nitrogens with zero attached hydrogens (tertiary/aromatic N) is 3. The van der Waals surface area contributed by atoms with Crippen molar-refractivity contribution >= 4 is 21.7 Å². The van der Waals surface area contributed by atoms with Crippen molar-refractivity contribution in [1.82, 2.24) is 14.8 Å². The highest BCUT2D eigenvalue weighted by Crippen LogP contribution is 2.28. The van der Waals surface area contributed by atoms with Gasteiger partial charge in [-0.25, -0.2) is 13.4 Å². The Morgan fingerprint density at radius 2 is 1.92 bits per heavy atom. The van der Waals surface area contributed by atoms with Crippen LogP contribution in [-0.4, -0.2) is 85.4 Å². The van der Waals surface area contributed by atoms with Crippen molar-refractivity contribution in [2.24, 2.45) is 0 Å². The lowest BCUT2D eigenvalue weighted by atomic mass is 10.0. The van der Waals surface area contributed by atoms with E-state index in [4.69, 9.17) is 9.15 Å². The molecule has 2 saturated heterocycles. The van der Waals surface area contributed by atoms with Gasteiger partial charge in [0.2, 0.25) is 5.91 Å². The van der Waals surface area contributed by atoms with Gasteiger partial charge in [0.1, 0.15) is 12.4 Å². The number of hydrogen-bond donors (Lipinski definition) is 0. The molecule has 0 radical (unpaired) electrons. The summed E-state index contributed by atoms with van der Waals surface area (Å²) in [4.78, 5) is 32.1. The summed E-state index contributed by atoms with van der Waals surface area (Å²) in [5, 5.41) is 0. The normalized spacial score (nSPS) is 25.0. The molecule has 1 aromatic heterocycles. The second-order valence-corrected chi connectivity index (χ2v) is 8.36. The number of hydrogen-bond acceptors (Lipinski definition) is 7. The summed E-state index contributed by atoms with van der Waals surface area (Å²) in [6.45, 7) is 2.26. The fourth-order valence-corrected chi connectivity index (χ4v) is 5.53. The largest absolute Gasteiger partial charge is 0.448 e. The number of aromatic nitrogens is 1. The number of methoxy groups -OCH3 is 1. The van der Waals surface area contributed by atoms with Crippen LogP contribution in [0.2, 0.25) is 0 Å². The number of piperazine rings is 1. The van der Waals surface area contributed by atoms with Crippen molar-refractivity contribution in [2.75, 3.05) is 38.3 Å². The quantitative estimate of drug-likeness (QED) is 0.690. The molecule has 0 unspecified atom stereocenters. The van der Waals surface area contributed by atoms with Crippen LogP contribution in [-0.2, 0) is 25.8 Å². The average Bonchev–Trinajstić information content (AvgIpc) is 3.15. The first kappa shape index (κ1) is 17.9. The molecular weight excluding hydrogens is 350 g/mol. The second kappa shape index (κ2) is 6.75. The minimum atomic E-state index is -3.33. The molecule has 25 heavy (non-hydrogen) atoms. The first-order valence-electron chi connectivity index (χ1n) is 8.10. The summed E-state index contributed by atoms with van der Waals surface area (Å²) in [5.41, 5.74) is 0.210. The smallest absolute Gasteiger partial charge is 0.276 e. The van der Waals surface area contributed by atoms with E-state index in [-0.39, 0.29) is 48.7 Å². The van der Waals surface area contributed by atoms with E-state index in [1.807, 2.05) is 6.92 Å². The second-order valence-electron chi connectivity index (χ2n) is 6.21. The Labute approximate surface area is 145 Å². The maximum atomic E-state index is 12.9. The van der Waals surface area contributed by atoms with Gasteiger partial charge in [-0.1, -0.05) is 6.92 Å². The number of aryl methyl sites for hydroxylation is 1. The van der Waals surface area contributed by atoms with Gasteiger partial charge in [-0.2, -0.15) is 0 Å². The van der Waals surface area contributed by atoms with E-state index in [0.717, 1.165) is 0 Å². The minimum Gasteiger partial charge on any atom is -0.448 e. The van der Waals surface area contributed by atoms with Crippen LogP contribution >= 0.6 is 0 Å². The molecule has 9 nitrogen and oxygen atoms in total. The van der Waals surface area contributed by atoms with Crippen LogP contribution < -0.4 is 0 Å². The van der Waals surface area contributed by atoms with Crippen LogP contribution in [0.4, 0.5) is 0 Å². The summed E-state index contributed by atoms with van der Waals surface area (Å²) >= 11 is 0. The van der Waals surface area contributed by atoms with Crippen molar-refractivity contribution in [3.8, 4) is 0 Å². The molecule has 0 aromatic carbocycles. The number of sulfone groups is 1. The van der Waals surface area contributed by atoms with Crippen LogP contribution in [0.15, 0.2) is 10.8 Å². The Hall–Kier alpha value is -1.94. The molecule has 1 aromatic rings. The topological polar surface area (TPSA) is 110 Å². The van der Waals surface area contributed by atoms with Crippen molar-refractivity contribution in [3.05, 3.63) is 17.8 Å². The number of rotatable bonds is 4. The molecule has 0 spiro atoms. The van der Waals surface area contributed by atoms with E-state index >= 15 is 0 Å². The van der Waals surface area contributed by atoms with Crippen molar-refractivity contribution in [1.29, 1.82) is 0 Å². The summed E-state index contributed by atoms with van der Waals surface area (Å²) in [7, 11) is -1.92. The minimum absolute atomic E-state index is 0.111. The van der Waals surface area contributed by atoms with E-state index in [2.05, 4.69) is 4.98 Å². The summed E-state index contributed by atoms with van der Waals surface area (Å²) in [6, 6.07) is -1.13. The molecule has 3 heterocycles. The molecule has 0 N–H and O–H groups in total. The van der Waals surface area contributed by atoms with E-state index in [0.29, 0.717) is 12.2 Å². The monoisotopic (exact) mass is 371 g/mol. The Kier molecular flexibility index (Phi) is 4.83. The van der Waals surface area contributed by atoms with Crippen LogP contribution in [0.25, 0.3) is 0 Å². The fraction of sp³-hybridized carbons (Fsp3) is 0.667. The summed E-state index contributed by atoms with van der Waals surface area (Å²) in [6.07, 6.45) is 1.73. The van der Waals surface area contributed by atoms with Gasteiger partial charge in [0.05, 0.1) is 23.6 Å². The third kappa shape index (κ3) is 3.28. The molecular formula is C15H21N3O6S. The maximum Gasteiger partial charge on any atom is 0.276 e. The number of ether oxygens (including phenoxy) is 1. The molecule has 2 atom stereocenters. The van der Waals surface area contributed by atoms with Gasteiger partial charge in [0.25, 0.3) is 5.91 Å². The first-order valence-corrected chi connectivity index (χ1v) is 9.92. The molecule has 2 aliphatic rings. The zero-order chi connectivity index (χ0) is 18.2. The SMILES string of the molecule is CCc1ocnc1C(=O)N1CCN(C(=O)COC)[C@H]2CS(=O)(=O)C[C@H]21. The standard InChI is InChI=1S/C15H21N3O6S/c1-3-12-14(16-9-24-12)15(20)18-5-4-17(13(19)6-23-2)10-7-25(21,22)8-11(10)18/h9-11H,3-8H2,1-2H3/t10-,11+/m0/s1. The summed E-state index contributed by atoms with van der Waals surface area (Å²) in [5.74, 6) is -0.440. The molecule has 0 saturated carbocycles. The van der Waals surface area contributed by atoms with Crippen LogP contribution in [0.3, 0.4) is 0 Å². The van der Waals surface area contributed by atoms with E-state index in [9.17, 15) is 18.0 Å². The molecule has 138 valence electrons. The Bertz CT molecular complexity index is 774. The molecule has 3 rings (SSSR count). The van der Waals surface area contributed by atoms with E-state index < -0.39 is 21.9 Å².